The van der Waals surface area contributed by atoms with Crippen LogP contribution in [0.25, 0.3) is 0 Å². The van der Waals surface area contributed by atoms with Gasteiger partial charge in [-0.15, -0.1) is 0 Å². The molecule has 0 spiro atoms. The number of anilines is 1. The lowest BCUT2D eigenvalue weighted by molar-refractivity contribution is 0.229. The minimum atomic E-state index is -3.32. The third kappa shape index (κ3) is 6.90. The molecule has 2 amide bonds. The summed E-state index contributed by atoms with van der Waals surface area (Å²) in [5.74, 6) is 0.364. The van der Waals surface area contributed by atoms with Gasteiger partial charge in [0.2, 0.25) is 10.0 Å². The van der Waals surface area contributed by atoms with E-state index in [1.807, 2.05) is 19.9 Å². The summed E-state index contributed by atoms with van der Waals surface area (Å²) in [6.45, 7) is 8.03. The number of nitrogens with one attached hydrogen (secondary N) is 3. The number of carbonyl (C=O) groups excluding carboxylic acids is 1. The molecule has 0 bridgehead atoms. The van der Waals surface area contributed by atoms with Gasteiger partial charge in [-0.1, -0.05) is 32.9 Å². The second-order valence-electron chi connectivity index (χ2n) is 6.10. The predicted octanol–water partition coefficient (Wildman–Crippen LogP) is 2.85. The van der Waals surface area contributed by atoms with Gasteiger partial charge in [-0.25, -0.2) is 13.2 Å². The Morgan fingerprint density at radius 1 is 1.17 bits per heavy atom. The second-order valence-corrected chi connectivity index (χ2v) is 7.85. The number of benzene rings is 1. The molecular formula is C16H27N3O3S. The van der Waals surface area contributed by atoms with Crippen molar-refractivity contribution in [1.82, 2.24) is 10.6 Å². The molecule has 1 aromatic rings. The summed E-state index contributed by atoms with van der Waals surface area (Å²) in [6.07, 6.45) is 1.97. The molecular weight excluding hydrogens is 314 g/mol. The van der Waals surface area contributed by atoms with Gasteiger partial charge in [0, 0.05) is 11.7 Å². The van der Waals surface area contributed by atoms with E-state index in [-0.39, 0.29) is 18.1 Å². The maximum Gasteiger partial charge on any atom is 0.315 e. The number of hydrogen-bond donors (Lipinski definition) is 3. The first kappa shape index (κ1) is 19.3. The zero-order valence-electron chi connectivity index (χ0n) is 14.4. The average molecular weight is 341 g/mol. The van der Waals surface area contributed by atoms with Crippen LogP contribution in [0.15, 0.2) is 24.3 Å². The van der Waals surface area contributed by atoms with Crippen molar-refractivity contribution in [1.29, 1.82) is 0 Å². The van der Waals surface area contributed by atoms with Gasteiger partial charge < -0.3 is 10.6 Å². The highest BCUT2D eigenvalue weighted by Crippen LogP contribution is 2.18. The van der Waals surface area contributed by atoms with Gasteiger partial charge >= 0.3 is 6.03 Å². The highest BCUT2D eigenvalue weighted by atomic mass is 32.2. The van der Waals surface area contributed by atoms with E-state index >= 15 is 0 Å². The first-order valence-corrected chi connectivity index (χ1v) is 9.66. The van der Waals surface area contributed by atoms with Crippen molar-refractivity contribution < 1.29 is 13.2 Å². The number of amides is 2. The van der Waals surface area contributed by atoms with Crippen LogP contribution >= 0.6 is 0 Å². The van der Waals surface area contributed by atoms with Crippen LogP contribution in [0.1, 0.15) is 45.7 Å². The number of carbonyl (C=O) groups is 1. The standard InChI is InChI=1S/C16H27N3O3S/c1-6-15(11(2)3)18-16(20)17-12(4)13-8-7-9-14(10-13)19-23(5,21)22/h7-12,15,19H,6H2,1-5H3,(H2,17,18,20)/t12-,15+/m0/s1. The highest BCUT2D eigenvalue weighted by Gasteiger charge is 2.16. The molecule has 0 radical (unpaired) electrons. The summed E-state index contributed by atoms with van der Waals surface area (Å²) < 4.78 is 25.0. The van der Waals surface area contributed by atoms with Gasteiger partial charge in [0.05, 0.1) is 12.3 Å². The van der Waals surface area contributed by atoms with E-state index < -0.39 is 10.0 Å². The smallest absolute Gasteiger partial charge is 0.315 e. The minimum absolute atomic E-state index is 0.125. The molecule has 0 saturated carbocycles. The molecule has 1 rings (SSSR count). The summed E-state index contributed by atoms with van der Waals surface area (Å²) >= 11 is 0. The van der Waals surface area contributed by atoms with Crippen molar-refractivity contribution in [2.24, 2.45) is 5.92 Å². The lowest BCUT2D eigenvalue weighted by Crippen LogP contribution is -2.44. The average Bonchev–Trinajstić information content (AvgIpc) is 2.42. The van der Waals surface area contributed by atoms with Crippen molar-refractivity contribution in [2.75, 3.05) is 11.0 Å². The topological polar surface area (TPSA) is 87.3 Å². The summed E-state index contributed by atoms with van der Waals surface area (Å²) in [5, 5.41) is 5.84. The molecule has 0 fully saturated rings. The maximum absolute atomic E-state index is 12.1. The summed E-state index contributed by atoms with van der Waals surface area (Å²) in [4.78, 5) is 12.1. The monoisotopic (exact) mass is 341 g/mol. The van der Waals surface area contributed by atoms with E-state index in [2.05, 4.69) is 29.2 Å². The van der Waals surface area contributed by atoms with Crippen molar-refractivity contribution in [2.45, 2.75) is 46.2 Å². The van der Waals surface area contributed by atoms with Gasteiger partial charge in [-0.05, 0) is 37.0 Å². The van der Waals surface area contributed by atoms with Gasteiger partial charge in [0.25, 0.3) is 0 Å². The molecule has 2 atom stereocenters. The molecule has 6 nitrogen and oxygen atoms in total. The Morgan fingerprint density at radius 2 is 1.83 bits per heavy atom. The quantitative estimate of drug-likeness (QED) is 0.712. The van der Waals surface area contributed by atoms with Crippen molar-refractivity contribution in [3.05, 3.63) is 29.8 Å². The molecule has 0 aliphatic heterocycles. The molecule has 7 heteroatoms. The summed E-state index contributed by atoms with van der Waals surface area (Å²) in [6, 6.07) is 6.65. The highest BCUT2D eigenvalue weighted by molar-refractivity contribution is 7.92. The van der Waals surface area contributed by atoms with Crippen LogP contribution < -0.4 is 15.4 Å². The van der Waals surface area contributed by atoms with E-state index in [0.29, 0.717) is 11.6 Å². The molecule has 130 valence electrons. The summed E-state index contributed by atoms with van der Waals surface area (Å²) in [7, 11) is -3.32. The molecule has 0 saturated heterocycles. The van der Waals surface area contributed by atoms with Crippen LogP contribution in [0.2, 0.25) is 0 Å². The van der Waals surface area contributed by atoms with E-state index in [1.54, 1.807) is 18.2 Å². The molecule has 0 aliphatic carbocycles. The maximum atomic E-state index is 12.1. The number of sulfonamides is 1. The van der Waals surface area contributed by atoms with Crippen LogP contribution in [0.3, 0.4) is 0 Å². The van der Waals surface area contributed by atoms with Gasteiger partial charge in [0.15, 0.2) is 0 Å². The Bertz CT molecular complexity index is 629. The molecule has 1 aromatic carbocycles. The molecule has 0 aliphatic rings. The molecule has 0 unspecified atom stereocenters. The van der Waals surface area contributed by atoms with Crippen molar-refractivity contribution in [3.63, 3.8) is 0 Å². The Hall–Kier alpha value is -1.76. The largest absolute Gasteiger partial charge is 0.335 e. The number of rotatable bonds is 7. The molecule has 0 heterocycles. The third-order valence-electron chi connectivity index (χ3n) is 3.60. The number of hydrogen-bond acceptors (Lipinski definition) is 3. The van der Waals surface area contributed by atoms with Crippen LogP contribution in [-0.2, 0) is 10.0 Å². The SMILES string of the molecule is CC[C@@H](NC(=O)N[C@@H](C)c1cccc(NS(C)(=O)=O)c1)C(C)C. The van der Waals surface area contributed by atoms with Crippen molar-refractivity contribution >= 4 is 21.7 Å². The lowest BCUT2D eigenvalue weighted by atomic mass is 10.0. The van der Waals surface area contributed by atoms with Gasteiger partial charge in [-0.2, -0.15) is 0 Å². The molecule has 3 N–H and O–H groups in total. The second kappa shape index (κ2) is 8.19. The van der Waals surface area contributed by atoms with Crippen LogP contribution in [-0.4, -0.2) is 26.7 Å². The van der Waals surface area contributed by atoms with Gasteiger partial charge in [-0.3, -0.25) is 4.72 Å². The van der Waals surface area contributed by atoms with E-state index in [1.165, 1.54) is 0 Å². The van der Waals surface area contributed by atoms with E-state index in [0.717, 1.165) is 18.2 Å². The van der Waals surface area contributed by atoms with Crippen molar-refractivity contribution in [3.8, 4) is 0 Å². The normalized spacial score (nSPS) is 14.2. The zero-order valence-corrected chi connectivity index (χ0v) is 15.2. The fraction of sp³-hybridized carbons (Fsp3) is 0.562. The number of urea groups is 1. The molecule has 0 aromatic heterocycles. The van der Waals surface area contributed by atoms with Crippen LogP contribution in [0.5, 0.6) is 0 Å². The Balaban J connectivity index is 2.72. The van der Waals surface area contributed by atoms with Crippen LogP contribution in [0, 0.1) is 5.92 Å². The zero-order chi connectivity index (χ0) is 17.6. The Kier molecular flexibility index (Phi) is 6.87. The Labute approximate surface area is 139 Å². The van der Waals surface area contributed by atoms with Gasteiger partial charge in [0.1, 0.15) is 0 Å². The first-order valence-electron chi connectivity index (χ1n) is 7.77. The fourth-order valence-electron chi connectivity index (χ4n) is 2.32. The summed E-state index contributed by atoms with van der Waals surface area (Å²) in [5.41, 5.74) is 1.30. The minimum Gasteiger partial charge on any atom is -0.335 e. The predicted molar refractivity (Wildman–Crippen MR) is 93.9 cm³/mol. The first-order chi connectivity index (χ1) is 10.6. The lowest BCUT2D eigenvalue weighted by Gasteiger charge is -2.23. The van der Waals surface area contributed by atoms with E-state index in [4.69, 9.17) is 0 Å². The Morgan fingerprint density at radius 3 is 2.35 bits per heavy atom. The molecule has 23 heavy (non-hydrogen) atoms. The van der Waals surface area contributed by atoms with E-state index in [9.17, 15) is 13.2 Å². The van der Waals surface area contributed by atoms with Crippen LogP contribution in [0.4, 0.5) is 10.5 Å². The fourth-order valence-corrected chi connectivity index (χ4v) is 2.87. The third-order valence-corrected chi connectivity index (χ3v) is 4.21.